The molecule has 1 saturated carbocycles. The van der Waals surface area contributed by atoms with Crippen molar-refractivity contribution in [1.29, 1.82) is 0 Å². The number of anilines is 3. The van der Waals surface area contributed by atoms with Crippen molar-refractivity contribution in [2.75, 3.05) is 43.9 Å². The van der Waals surface area contributed by atoms with Crippen LogP contribution in [0.15, 0.2) is 30.5 Å². The van der Waals surface area contributed by atoms with Gasteiger partial charge in [-0.3, -0.25) is 9.59 Å². The van der Waals surface area contributed by atoms with E-state index in [9.17, 15) is 22.8 Å². The molecule has 2 aromatic rings. The fraction of sp³-hybridized carbons (Fsp3) is 0.538. The average Bonchev–Trinajstić information content (AvgIpc) is 3.32. The molecule has 1 aliphatic carbocycles. The molecule has 0 bridgehead atoms. The van der Waals surface area contributed by atoms with Gasteiger partial charge >= 0.3 is 6.18 Å². The third-order valence-corrected chi connectivity index (χ3v) is 6.88. The molecule has 9 nitrogen and oxygen atoms in total. The minimum Gasteiger partial charge on any atom is -0.366 e. The summed E-state index contributed by atoms with van der Waals surface area (Å²) >= 11 is 0. The van der Waals surface area contributed by atoms with Gasteiger partial charge in [-0.25, -0.2) is 4.98 Å². The van der Waals surface area contributed by atoms with Gasteiger partial charge in [0.2, 0.25) is 11.9 Å². The standard InChI is InChI=1S/C26H34F3N7O2/c1-16(2)31-23(37)19-5-4-6-21(19)33-22-20(26(27,28)29)15-30-25(34-22)32-18-9-7-17(8-10-18)24(38)36-13-11-35(3)12-14-36/h7-10,15-16,19,21H,4-6,11-14H2,1-3H3,(H,31,37)(H2,30,32,33,34)/t19-,21+/m1/s1. The van der Waals surface area contributed by atoms with Gasteiger partial charge in [-0.2, -0.15) is 18.2 Å². The first-order valence-electron chi connectivity index (χ1n) is 12.9. The molecule has 1 aromatic carbocycles. The highest BCUT2D eigenvalue weighted by molar-refractivity contribution is 5.94. The molecule has 2 fully saturated rings. The number of alkyl halides is 3. The van der Waals surface area contributed by atoms with Gasteiger partial charge < -0.3 is 25.8 Å². The number of likely N-dealkylation sites (N-methyl/N-ethyl adjacent to an activating group) is 1. The van der Waals surface area contributed by atoms with E-state index < -0.39 is 23.7 Å². The van der Waals surface area contributed by atoms with Crippen molar-refractivity contribution in [1.82, 2.24) is 25.1 Å². The van der Waals surface area contributed by atoms with E-state index in [1.807, 2.05) is 20.9 Å². The van der Waals surface area contributed by atoms with E-state index in [0.717, 1.165) is 25.7 Å². The zero-order valence-corrected chi connectivity index (χ0v) is 21.8. The molecule has 1 aliphatic heterocycles. The Labute approximate surface area is 220 Å². The Hall–Kier alpha value is -3.41. The number of carbonyl (C=O) groups excluding carboxylic acids is 2. The van der Waals surface area contributed by atoms with Crippen molar-refractivity contribution >= 4 is 29.3 Å². The molecule has 0 spiro atoms. The Morgan fingerprint density at radius 3 is 2.37 bits per heavy atom. The Morgan fingerprint density at radius 2 is 1.74 bits per heavy atom. The van der Waals surface area contributed by atoms with Crippen LogP contribution in [0.25, 0.3) is 0 Å². The summed E-state index contributed by atoms with van der Waals surface area (Å²) in [5.41, 5.74) is 0.0644. The molecule has 1 saturated heterocycles. The van der Waals surface area contributed by atoms with Gasteiger partial charge in [-0.15, -0.1) is 0 Å². The summed E-state index contributed by atoms with van der Waals surface area (Å²) in [6.45, 7) is 6.63. The van der Waals surface area contributed by atoms with Crippen LogP contribution in [-0.2, 0) is 11.0 Å². The van der Waals surface area contributed by atoms with Crippen molar-refractivity contribution in [3.8, 4) is 0 Å². The van der Waals surface area contributed by atoms with Crippen LogP contribution in [-0.4, -0.2) is 76.9 Å². The van der Waals surface area contributed by atoms with Crippen molar-refractivity contribution in [2.24, 2.45) is 5.92 Å². The first-order chi connectivity index (χ1) is 18.0. The predicted octanol–water partition coefficient (Wildman–Crippen LogP) is 3.73. The Balaban J connectivity index is 1.49. The number of halogens is 3. The second-order valence-corrected chi connectivity index (χ2v) is 10.2. The third-order valence-electron chi connectivity index (χ3n) is 6.88. The van der Waals surface area contributed by atoms with E-state index in [-0.39, 0.29) is 29.6 Å². The summed E-state index contributed by atoms with van der Waals surface area (Å²) < 4.78 is 41.2. The van der Waals surface area contributed by atoms with Crippen molar-refractivity contribution < 1.29 is 22.8 Å². The number of nitrogens with zero attached hydrogens (tertiary/aromatic N) is 4. The molecular weight excluding hydrogens is 499 g/mol. The number of hydrogen-bond acceptors (Lipinski definition) is 7. The lowest BCUT2D eigenvalue weighted by Crippen LogP contribution is -2.47. The van der Waals surface area contributed by atoms with Crippen LogP contribution in [0.1, 0.15) is 49.0 Å². The van der Waals surface area contributed by atoms with Gasteiger partial charge in [0.25, 0.3) is 5.91 Å². The number of nitrogens with one attached hydrogen (secondary N) is 3. The highest BCUT2D eigenvalue weighted by atomic mass is 19.4. The van der Waals surface area contributed by atoms with Crippen molar-refractivity contribution in [3.63, 3.8) is 0 Å². The summed E-state index contributed by atoms with van der Waals surface area (Å²) in [5, 5.41) is 8.65. The number of benzene rings is 1. The molecule has 12 heteroatoms. The number of rotatable bonds is 7. The van der Waals surface area contributed by atoms with Gasteiger partial charge in [0, 0.05) is 55.7 Å². The second-order valence-electron chi connectivity index (χ2n) is 10.2. The fourth-order valence-electron chi connectivity index (χ4n) is 4.79. The van der Waals surface area contributed by atoms with Gasteiger partial charge in [-0.05, 0) is 58.0 Å². The van der Waals surface area contributed by atoms with Crippen LogP contribution in [0.4, 0.5) is 30.6 Å². The predicted molar refractivity (Wildman–Crippen MR) is 138 cm³/mol. The Bertz CT molecular complexity index is 1130. The molecule has 4 rings (SSSR count). The minimum absolute atomic E-state index is 0.0279. The molecule has 206 valence electrons. The maximum absolute atomic E-state index is 13.7. The second kappa shape index (κ2) is 11.5. The van der Waals surface area contributed by atoms with Gasteiger partial charge in [0.15, 0.2) is 0 Å². The summed E-state index contributed by atoms with van der Waals surface area (Å²) in [4.78, 5) is 37.3. The normalized spacial score (nSPS) is 20.4. The molecule has 2 atom stereocenters. The number of aromatic nitrogens is 2. The quantitative estimate of drug-likeness (QED) is 0.499. The lowest BCUT2D eigenvalue weighted by molar-refractivity contribution is -0.137. The van der Waals surface area contributed by atoms with E-state index in [1.165, 1.54) is 0 Å². The van der Waals surface area contributed by atoms with Crippen LogP contribution in [0.2, 0.25) is 0 Å². The van der Waals surface area contributed by atoms with E-state index in [0.29, 0.717) is 37.2 Å². The number of amides is 2. The van der Waals surface area contributed by atoms with Crippen LogP contribution in [0.5, 0.6) is 0 Å². The van der Waals surface area contributed by atoms with Crippen molar-refractivity contribution in [3.05, 3.63) is 41.6 Å². The van der Waals surface area contributed by atoms with Crippen LogP contribution < -0.4 is 16.0 Å². The zero-order chi connectivity index (χ0) is 27.4. The summed E-state index contributed by atoms with van der Waals surface area (Å²) in [6, 6.07) is 6.14. The summed E-state index contributed by atoms with van der Waals surface area (Å²) in [6.07, 6.45) is -2.05. The minimum atomic E-state index is -4.67. The number of carbonyl (C=O) groups is 2. The van der Waals surface area contributed by atoms with Gasteiger partial charge in [0.1, 0.15) is 11.4 Å². The highest BCUT2D eigenvalue weighted by Crippen LogP contribution is 2.36. The first-order valence-corrected chi connectivity index (χ1v) is 12.9. The monoisotopic (exact) mass is 533 g/mol. The van der Waals surface area contributed by atoms with E-state index in [4.69, 9.17) is 0 Å². The fourth-order valence-corrected chi connectivity index (χ4v) is 4.79. The molecule has 1 aromatic heterocycles. The Morgan fingerprint density at radius 1 is 1.05 bits per heavy atom. The molecule has 0 radical (unpaired) electrons. The summed E-state index contributed by atoms with van der Waals surface area (Å²) in [5.74, 6) is -1.09. The molecule has 38 heavy (non-hydrogen) atoms. The first kappa shape index (κ1) is 27.6. The molecule has 2 heterocycles. The van der Waals surface area contributed by atoms with E-state index in [2.05, 4.69) is 30.8 Å². The average molecular weight is 534 g/mol. The number of hydrogen-bond donors (Lipinski definition) is 3. The maximum Gasteiger partial charge on any atom is 0.421 e. The maximum atomic E-state index is 13.7. The third kappa shape index (κ3) is 6.72. The van der Waals surface area contributed by atoms with Crippen LogP contribution in [0, 0.1) is 5.92 Å². The van der Waals surface area contributed by atoms with Crippen LogP contribution >= 0.6 is 0 Å². The lowest BCUT2D eigenvalue weighted by atomic mass is 10.0. The lowest BCUT2D eigenvalue weighted by Gasteiger charge is -2.32. The van der Waals surface area contributed by atoms with E-state index in [1.54, 1.807) is 29.2 Å². The van der Waals surface area contributed by atoms with E-state index >= 15 is 0 Å². The summed E-state index contributed by atoms with van der Waals surface area (Å²) in [7, 11) is 2.02. The highest BCUT2D eigenvalue weighted by Gasteiger charge is 2.39. The molecular formula is C26H34F3N7O2. The van der Waals surface area contributed by atoms with Crippen molar-refractivity contribution in [2.45, 2.75) is 51.4 Å². The topological polar surface area (TPSA) is 102 Å². The SMILES string of the molecule is CC(C)NC(=O)[C@@H]1CCC[C@@H]1Nc1nc(Nc2ccc(C(=O)N3CCN(C)CC3)cc2)ncc1C(F)(F)F. The van der Waals surface area contributed by atoms with Gasteiger partial charge in [0.05, 0.1) is 5.92 Å². The molecule has 3 N–H and O–H groups in total. The van der Waals surface area contributed by atoms with Crippen LogP contribution in [0.3, 0.4) is 0 Å². The zero-order valence-electron chi connectivity index (χ0n) is 21.8. The molecule has 2 aliphatic rings. The number of piperazine rings is 1. The molecule has 2 amide bonds. The van der Waals surface area contributed by atoms with Gasteiger partial charge in [-0.1, -0.05) is 6.42 Å². The Kier molecular flexibility index (Phi) is 8.39. The smallest absolute Gasteiger partial charge is 0.366 e. The largest absolute Gasteiger partial charge is 0.421 e. The molecule has 0 unspecified atom stereocenters.